The summed E-state index contributed by atoms with van der Waals surface area (Å²) in [5.41, 5.74) is 0. The van der Waals surface area contributed by atoms with Crippen LogP contribution < -0.4 is 5.32 Å². The number of furan rings is 1. The molecule has 1 aromatic rings. The first-order valence-corrected chi connectivity index (χ1v) is 8.93. The Morgan fingerprint density at radius 1 is 1.40 bits per heavy atom. The van der Waals surface area contributed by atoms with Crippen LogP contribution in [0.4, 0.5) is 0 Å². The average Bonchev–Trinajstić information content (AvgIpc) is 3.23. The Hall–Kier alpha value is -2.40. The highest BCUT2D eigenvalue weighted by atomic mass is 32.2. The summed E-state index contributed by atoms with van der Waals surface area (Å²) in [5, 5.41) is 10.7. The maximum Gasteiger partial charge on any atom is 0.371 e. The number of hydrogen-bond donors (Lipinski definition) is 2. The van der Waals surface area contributed by atoms with E-state index < -0.39 is 38.8 Å². The normalized spacial score (nSPS) is 18.1. The zero-order valence-electron chi connectivity index (χ0n) is 13.8. The van der Waals surface area contributed by atoms with E-state index in [1.807, 2.05) is 0 Å². The molecule has 1 aliphatic rings. The SMILES string of the molecule is CNC(=O)CN(C)C(=O)C1CCCN1S(=O)(=O)c1ccc(C(=O)O)o1. The van der Waals surface area contributed by atoms with Crippen molar-refractivity contribution in [3.63, 3.8) is 0 Å². The molecule has 0 saturated carbocycles. The van der Waals surface area contributed by atoms with Gasteiger partial charge in [-0.2, -0.15) is 4.31 Å². The first-order valence-electron chi connectivity index (χ1n) is 7.49. The van der Waals surface area contributed by atoms with Crippen LogP contribution in [0.25, 0.3) is 0 Å². The predicted octanol–water partition coefficient (Wildman–Crippen LogP) is -0.665. The molecule has 1 atom stereocenters. The third kappa shape index (κ3) is 3.82. The molecular formula is C14H19N3O7S. The fourth-order valence-corrected chi connectivity index (χ4v) is 4.16. The summed E-state index contributed by atoms with van der Waals surface area (Å²) < 4.78 is 31.2. The van der Waals surface area contributed by atoms with Gasteiger partial charge in [-0.3, -0.25) is 9.59 Å². The number of aromatic carboxylic acids is 1. The van der Waals surface area contributed by atoms with Crippen molar-refractivity contribution in [3.8, 4) is 0 Å². The molecule has 0 radical (unpaired) electrons. The molecule has 2 amide bonds. The highest BCUT2D eigenvalue weighted by Gasteiger charge is 2.42. The first-order chi connectivity index (χ1) is 11.7. The number of nitrogens with zero attached hydrogens (tertiary/aromatic N) is 2. The summed E-state index contributed by atoms with van der Waals surface area (Å²) in [6.07, 6.45) is 0.776. The third-order valence-electron chi connectivity index (χ3n) is 3.88. The van der Waals surface area contributed by atoms with Crippen LogP contribution in [0.2, 0.25) is 0 Å². The molecule has 0 aromatic carbocycles. The zero-order valence-corrected chi connectivity index (χ0v) is 14.6. The van der Waals surface area contributed by atoms with E-state index in [9.17, 15) is 22.8 Å². The second-order valence-electron chi connectivity index (χ2n) is 5.57. The Morgan fingerprint density at radius 2 is 2.08 bits per heavy atom. The predicted molar refractivity (Wildman–Crippen MR) is 84.3 cm³/mol. The number of nitrogens with one attached hydrogen (secondary N) is 1. The molecule has 138 valence electrons. The summed E-state index contributed by atoms with van der Waals surface area (Å²) in [7, 11) is -1.31. The van der Waals surface area contributed by atoms with E-state index >= 15 is 0 Å². The lowest BCUT2D eigenvalue weighted by atomic mass is 10.2. The van der Waals surface area contributed by atoms with Crippen molar-refractivity contribution in [2.24, 2.45) is 0 Å². The Morgan fingerprint density at radius 3 is 2.64 bits per heavy atom. The van der Waals surface area contributed by atoms with Crippen LogP contribution in [-0.4, -0.2) is 73.7 Å². The molecule has 2 heterocycles. The van der Waals surface area contributed by atoms with Crippen LogP contribution in [0.5, 0.6) is 0 Å². The van der Waals surface area contributed by atoms with Crippen molar-refractivity contribution in [1.29, 1.82) is 0 Å². The summed E-state index contributed by atoms with van der Waals surface area (Å²) >= 11 is 0. The molecule has 0 bridgehead atoms. The van der Waals surface area contributed by atoms with Gasteiger partial charge in [-0.05, 0) is 25.0 Å². The van der Waals surface area contributed by atoms with Crippen molar-refractivity contribution in [2.75, 3.05) is 27.2 Å². The van der Waals surface area contributed by atoms with Gasteiger partial charge >= 0.3 is 5.97 Å². The van der Waals surface area contributed by atoms with Crippen molar-refractivity contribution in [2.45, 2.75) is 24.0 Å². The number of carbonyl (C=O) groups is 3. The molecule has 2 rings (SSSR count). The smallest absolute Gasteiger partial charge is 0.371 e. The van der Waals surface area contributed by atoms with Crippen LogP contribution in [0.1, 0.15) is 23.4 Å². The molecule has 11 heteroatoms. The number of rotatable bonds is 6. The molecule has 2 N–H and O–H groups in total. The number of carbonyl (C=O) groups excluding carboxylic acids is 2. The third-order valence-corrected chi connectivity index (χ3v) is 5.66. The number of carboxylic acid groups (broad SMARTS) is 1. The first kappa shape index (κ1) is 18.9. The van der Waals surface area contributed by atoms with Crippen LogP contribution in [0.3, 0.4) is 0 Å². The quantitative estimate of drug-likeness (QED) is 0.675. The second kappa shape index (κ2) is 7.23. The Bertz CT molecular complexity index is 786. The Kier molecular flexibility index (Phi) is 5.48. The standard InChI is InChI=1S/C14H19N3O7S/c1-15-11(18)8-16(2)13(19)9-4-3-7-17(9)25(22,23)12-6-5-10(24-12)14(20)21/h5-6,9H,3-4,7-8H2,1-2H3,(H,15,18)(H,20,21). The highest BCUT2D eigenvalue weighted by molar-refractivity contribution is 7.89. The van der Waals surface area contributed by atoms with E-state index in [4.69, 9.17) is 9.52 Å². The van der Waals surface area contributed by atoms with E-state index in [0.29, 0.717) is 12.8 Å². The maximum absolute atomic E-state index is 12.7. The fourth-order valence-electron chi connectivity index (χ4n) is 2.59. The molecule has 1 unspecified atom stereocenters. The molecule has 1 aromatic heterocycles. The number of sulfonamides is 1. The zero-order chi connectivity index (χ0) is 18.8. The van der Waals surface area contributed by atoms with Crippen molar-refractivity contribution >= 4 is 27.8 Å². The van der Waals surface area contributed by atoms with E-state index in [2.05, 4.69) is 5.32 Å². The summed E-state index contributed by atoms with van der Waals surface area (Å²) in [4.78, 5) is 35.9. The van der Waals surface area contributed by atoms with Crippen molar-refractivity contribution in [3.05, 3.63) is 17.9 Å². The molecule has 25 heavy (non-hydrogen) atoms. The molecule has 0 aliphatic carbocycles. The summed E-state index contributed by atoms with van der Waals surface area (Å²) in [5.74, 6) is -2.77. The van der Waals surface area contributed by atoms with Gasteiger partial charge in [0.25, 0.3) is 10.0 Å². The van der Waals surface area contributed by atoms with E-state index in [0.717, 1.165) is 21.3 Å². The number of amides is 2. The van der Waals surface area contributed by atoms with Crippen LogP contribution >= 0.6 is 0 Å². The lowest BCUT2D eigenvalue weighted by molar-refractivity contribution is -0.137. The van der Waals surface area contributed by atoms with Crippen LogP contribution in [0.15, 0.2) is 21.6 Å². The number of likely N-dealkylation sites (N-methyl/N-ethyl adjacent to an activating group) is 2. The maximum atomic E-state index is 12.7. The molecule has 1 aliphatic heterocycles. The van der Waals surface area contributed by atoms with Gasteiger partial charge in [-0.1, -0.05) is 0 Å². The average molecular weight is 373 g/mol. The lowest BCUT2D eigenvalue weighted by Crippen LogP contribution is -2.48. The van der Waals surface area contributed by atoms with Crippen molar-refractivity contribution in [1.82, 2.24) is 14.5 Å². The van der Waals surface area contributed by atoms with Crippen LogP contribution in [-0.2, 0) is 19.6 Å². The van der Waals surface area contributed by atoms with Gasteiger partial charge in [0, 0.05) is 20.6 Å². The molecule has 0 spiro atoms. The summed E-state index contributed by atoms with van der Waals surface area (Å²) in [6, 6.07) is 1.13. The topological polar surface area (TPSA) is 137 Å². The lowest BCUT2D eigenvalue weighted by Gasteiger charge is -2.26. The van der Waals surface area contributed by atoms with Gasteiger partial charge in [0.15, 0.2) is 0 Å². The van der Waals surface area contributed by atoms with Crippen molar-refractivity contribution < 1.29 is 32.3 Å². The molecule has 1 saturated heterocycles. The minimum atomic E-state index is -4.16. The highest BCUT2D eigenvalue weighted by Crippen LogP contribution is 2.28. The van der Waals surface area contributed by atoms with E-state index in [1.54, 1.807) is 0 Å². The number of carboxylic acids is 1. The van der Waals surface area contributed by atoms with Gasteiger partial charge in [-0.25, -0.2) is 13.2 Å². The monoisotopic (exact) mass is 373 g/mol. The van der Waals surface area contributed by atoms with Crippen LogP contribution in [0, 0.1) is 0 Å². The van der Waals surface area contributed by atoms with E-state index in [-0.39, 0.29) is 19.0 Å². The fraction of sp³-hybridized carbons (Fsp3) is 0.500. The van der Waals surface area contributed by atoms with E-state index in [1.165, 1.54) is 14.1 Å². The minimum Gasteiger partial charge on any atom is -0.475 e. The van der Waals surface area contributed by atoms with Gasteiger partial charge in [0.2, 0.25) is 22.7 Å². The Balaban J connectivity index is 2.23. The molecule has 1 fully saturated rings. The van der Waals surface area contributed by atoms with Gasteiger partial charge in [0.1, 0.15) is 6.04 Å². The second-order valence-corrected chi connectivity index (χ2v) is 7.39. The molecule has 10 nitrogen and oxygen atoms in total. The summed E-state index contributed by atoms with van der Waals surface area (Å²) in [6.45, 7) is -0.0840. The number of hydrogen-bond acceptors (Lipinski definition) is 6. The van der Waals surface area contributed by atoms with Gasteiger partial charge in [0.05, 0.1) is 6.54 Å². The largest absolute Gasteiger partial charge is 0.475 e. The van der Waals surface area contributed by atoms with Gasteiger partial charge in [-0.15, -0.1) is 0 Å². The minimum absolute atomic E-state index is 0.107. The Labute approximate surface area is 144 Å². The van der Waals surface area contributed by atoms with Gasteiger partial charge < -0.3 is 19.7 Å². The molecular weight excluding hydrogens is 354 g/mol.